The Bertz CT molecular complexity index is 688. The van der Waals surface area contributed by atoms with Crippen molar-refractivity contribution in [3.63, 3.8) is 0 Å². The number of aryl methyl sites for hydroxylation is 1. The standard InChI is InChI=1S/C13H12ClN3/c1-2-7-17-8-10-9-5-3-4-6-11(9)15-13(14)12(10)16-17/h3-6,8H,2,7H2,1H3. The molecule has 0 saturated heterocycles. The molecule has 0 N–H and O–H groups in total. The van der Waals surface area contributed by atoms with Crippen molar-refractivity contribution in [2.24, 2.45) is 0 Å². The lowest BCUT2D eigenvalue weighted by molar-refractivity contribution is 0.609. The van der Waals surface area contributed by atoms with Crippen molar-refractivity contribution in [1.82, 2.24) is 14.8 Å². The van der Waals surface area contributed by atoms with Crippen LogP contribution in [0.15, 0.2) is 30.5 Å². The molecule has 0 unspecified atom stereocenters. The second kappa shape index (κ2) is 4.00. The summed E-state index contributed by atoms with van der Waals surface area (Å²) in [6, 6.07) is 8.00. The monoisotopic (exact) mass is 245 g/mol. The Balaban J connectivity index is 2.39. The number of halogens is 1. The molecule has 86 valence electrons. The van der Waals surface area contributed by atoms with E-state index in [9.17, 15) is 0 Å². The van der Waals surface area contributed by atoms with Crippen LogP contribution in [-0.2, 0) is 6.54 Å². The maximum absolute atomic E-state index is 6.16. The number of hydrogen-bond donors (Lipinski definition) is 0. The fourth-order valence-electron chi connectivity index (χ4n) is 2.07. The third-order valence-corrected chi connectivity index (χ3v) is 3.09. The van der Waals surface area contributed by atoms with E-state index >= 15 is 0 Å². The van der Waals surface area contributed by atoms with Crippen LogP contribution in [0.5, 0.6) is 0 Å². The van der Waals surface area contributed by atoms with Gasteiger partial charge in [-0.3, -0.25) is 4.68 Å². The molecular formula is C13H12ClN3. The van der Waals surface area contributed by atoms with Crippen molar-refractivity contribution >= 4 is 33.4 Å². The number of pyridine rings is 1. The van der Waals surface area contributed by atoms with Gasteiger partial charge in [0.1, 0.15) is 5.52 Å². The van der Waals surface area contributed by atoms with Gasteiger partial charge in [0.25, 0.3) is 0 Å². The third kappa shape index (κ3) is 1.67. The molecule has 0 aliphatic heterocycles. The van der Waals surface area contributed by atoms with Crippen LogP contribution in [-0.4, -0.2) is 14.8 Å². The van der Waals surface area contributed by atoms with Crippen LogP contribution in [0.3, 0.4) is 0 Å². The maximum Gasteiger partial charge on any atom is 0.157 e. The van der Waals surface area contributed by atoms with Crippen LogP contribution in [0, 0.1) is 0 Å². The Morgan fingerprint density at radius 1 is 1.24 bits per heavy atom. The lowest BCUT2D eigenvalue weighted by atomic mass is 10.1. The second-order valence-corrected chi connectivity index (χ2v) is 4.43. The molecule has 4 heteroatoms. The highest BCUT2D eigenvalue weighted by Gasteiger charge is 2.10. The highest BCUT2D eigenvalue weighted by molar-refractivity contribution is 6.35. The van der Waals surface area contributed by atoms with Gasteiger partial charge < -0.3 is 0 Å². The number of fused-ring (bicyclic) bond motifs is 3. The van der Waals surface area contributed by atoms with Gasteiger partial charge >= 0.3 is 0 Å². The summed E-state index contributed by atoms with van der Waals surface area (Å²) in [4.78, 5) is 4.37. The van der Waals surface area contributed by atoms with Gasteiger partial charge in [-0.1, -0.05) is 36.7 Å². The molecule has 3 rings (SSSR count). The first kappa shape index (κ1) is 10.5. The summed E-state index contributed by atoms with van der Waals surface area (Å²) in [5.41, 5.74) is 1.71. The summed E-state index contributed by atoms with van der Waals surface area (Å²) >= 11 is 6.16. The number of aromatic nitrogens is 3. The molecular weight excluding hydrogens is 234 g/mol. The van der Waals surface area contributed by atoms with E-state index in [1.54, 1.807) is 0 Å². The average molecular weight is 246 g/mol. The van der Waals surface area contributed by atoms with Crippen LogP contribution >= 0.6 is 11.6 Å². The number of benzene rings is 1. The fourth-order valence-corrected chi connectivity index (χ4v) is 2.30. The van der Waals surface area contributed by atoms with E-state index in [4.69, 9.17) is 11.6 Å². The summed E-state index contributed by atoms with van der Waals surface area (Å²) in [6.45, 7) is 3.03. The minimum absolute atomic E-state index is 0.480. The zero-order valence-electron chi connectivity index (χ0n) is 9.52. The molecule has 0 saturated carbocycles. The SMILES string of the molecule is CCCn1cc2c(n1)c(Cl)nc1ccccc12. The second-order valence-electron chi connectivity index (χ2n) is 4.07. The van der Waals surface area contributed by atoms with Crippen LogP contribution in [0.4, 0.5) is 0 Å². The van der Waals surface area contributed by atoms with E-state index in [0.717, 1.165) is 34.8 Å². The van der Waals surface area contributed by atoms with Gasteiger partial charge in [0, 0.05) is 23.5 Å². The Hall–Kier alpha value is -1.61. The maximum atomic E-state index is 6.16. The zero-order chi connectivity index (χ0) is 11.8. The van der Waals surface area contributed by atoms with Gasteiger partial charge in [0.2, 0.25) is 0 Å². The summed E-state index contributed by atoms with van der Waals surface area (Å²) in [6.07, 6.45) is 3.10. The normalized spacial score (nSPS) is 11.4. The molecule has 3 nitrogen and oxygen atoms in total. The van der Waals surface area contributed by atoms with E-state index < -0.39 is 0 Å². The largest absolute Gasteiger partial charge is 0.271 e. The quantitative estimate of drug-likeness (QED) is 0.646. The lowest BCUT2D eigenvalue weighted by Crippen LogP contribution is -1.95. The van der Waals surface area contributed by atoms with E-state index in [2.05, 4.69) is 29.3 Å². The van der Waals surface area contributed by atoms with Crippen molar-refractivity contribution in [3.05, 3.63) is 35.6 Å². The highest BCUT2D eigenvalue weighted by Crippen LogP contribution is 2.27. The average Bonchev–Trinajstić information content (AvgIpc) is 2.74. The van der Waals surface area contributed by atoms with E-state index in [1.165, 1.54) is 0 Å². The van der Waals surface area contributed by atoms with Crippen molar-refractivity contribution in [2.45, 2.75) is 19.9 Å². The Morgan fingerprint density at radius 3 is 2.88 bits per heavy atom. The molecule has 2 aromatic heterocycles. The molecule has 0 aliphatic carbocycles. The number of hydrogen-bond acceptors (Lipinski definition) is 2. The molecule has 0 aliphatic rings. The van der Waals surface area contributed by atoms with Crippen molar-refractivity contribution in [3.8, 4) is 0 Å². The van der Waals surface area contributed by atoms with Crippen LogP contribution < -0.4 is 0 Å². The van der Waals surface area contributed by atoms with E-state index in [-0.39, 0.29) is 0 Å². The van der Waals surface area contributed by atoms with E-state index in [1.807, 2.05) is 22.9 Å². The Labute approximate surface area is 104 Å². The zero-order valence-corrected chi connectivity index (χ0v) is 10.3. The van der Waals surface area contributed by atoms with Gasteiger partial charge in [0.15, 0.2) is 5.15 Å². The molecule has 1 aromatic carbocycles. The summed E-state index contributed by atoms with van der Waals surface area (Å²) < 4.78 is 1.94. The third-order valence-electron chi connectivity index (χ3n) is 2.82. The fraction of sp³-hybridized carbons (Fsp3) is 0.231. The predicted molar refractivity (Wildman–Crippen MR) is 70.3 cm³/mol. The van der Waals surface area contributed by atoms with E-state index in [0.29, 0.717) is 5.15 Å². The smallest absolute Gasteiger partial charge is 0.157 e. The minimum atomic E-state index is 0.480. The first-order valence-corrected chi connectivity index (χ1v) is 6.09. The summed E-state index contributed by atoms with van der Waals surface area (Å²) in [7, 11) is 0. The van der Waals surface area contributed by atoms with Gasteiger partial charge in [0.05, 0.1) is 5.52 Å². The van der Waals surface area contributed by atoms with Gasteiger partial charge in [-0.2, -0.15) is 5.10 Å². The van der Waals surface area contributed by atoms with Gasteiger partial charge in [-0.15, -0.1) is 0 Å². The first-order valence-electron chi connectivity index (χ1n) is 5.71. The molecule has 2 heterocycles. The Morgan fingerprint density at radius 2 is 2.06 bits per heavy atom. The molecule has 0 bridgehead atoms. The molecule has 0 atom stereocenters. The number of nitrogens with zero attached hydrogens (tertiary/aromatic N) is 3. The van der Waals surface area contributed by atoms with Gasteiger partial charge in [-0.05, 0) is 12.5 Å². The molecule has 0 radical (unpaired) electrons. The molecule has 17 heavy (non-hydrogen) atoms. The molecule has 0 spiro atoms. The van der Waals surface area contributed by atoms with Crippen molar-refractivity contribution in [1.29, 1.82) is 0 Å². The summed E-state index contributed by atoms with van der Waals surface area (Å²) in [5, 5.41) is 7.14. The van der Waals surface area contributed by atoms with Crippen molar-refractivity contribution in [2.75, 3.05) is 0 Å². The lowest BCUT2D eigenvalue weighted by Gasteiger charge is -1.98. The highest BCUT2D eigenvalue weighted by atomic mass is 35.5. The van der Waals surface area contributed by atoms with Crippen LogP contribution in [0.25, 0.3) is 21.8 Å². The topological polar surface area (TPSA) is 30.7 Å². The first-order chi connectivity index (χ1) is 8.29. The van der Waals surface area contributed by atoms with Crippen LogP contribution in [0.1, 0.15) is 13.3 Å². The number of para-hydroxylation sites is 1. The van der Waals surface area contributed by atoms with Crippen molar-refractivity contribution < 1.29 is 0 Å². The molecule has 0 fully saturated rings. The van der Waals surface area contributed by atoms with Gasteiger partial charge in [-0.25, -0.2) is 4.98 Å². The molecule has 0 amide bonds. The minimum Gasteiger partial charge on any atom is -0.271 e. The molecule has 3 aromatic rings. The summed E-state index contributed by atoms with van der Waals surface area (Å²) in [5.74, 6) is 0. The predicted octanol–water partition coefficient (Wildman–Crippen LogP) is 3.65. The number of rotatable bonds is 2. The van der Waals surface area contributed by atoms with Crippen LogP contribution in [0.2, 0.25) is 5.15 Å². The Kier molecular flexibility index (Phi) is 2.48.